The van der Waals surface area contributed by atoms with Crippen molar-refractivity contribution in [2.75, 3.05) is 5.32 Å². The Bertz CT molecular complexity index is 735. The molecule has 0 bridgehead atoms. The van der Waals surface area contributed by atoms with Gasteiger partial charge in [-0.2, -0.15) is 5.26 Å². The topological polar surface area (TPSA) is 96.0 Å². The van der Waals surface area contributed by atoms with Crippen LogP contribution in [0.25, 0.3) is 0 Å². The molecule has 2 aromatic rings. The fraction of sp³-hybridized carbons (Fsp3) is 0.0667. The number of nitrogens with zero attached hydrogens (tertiary/aromatic N) is 2. The highest BCUT2D eigenvalue weighted by molar-refractivity contribution is 5.94. The molecule has 0 radical (unpaired) electrons. The van der Waals surface area contributed by atoms with E-state index in [1.807, 2.05) is 6.07 Å². The number of nitro benzene ring substituents is 1. The maximum Gasteiger partial charge on any atom is 0.273 e. The van der Waals surface area contributed by atoms with Crippen molar-refractivity contribution in [1.29, 1.82) is 5.26 Å². The number of benzene rings is 2. The molecule has 0 saturated heterocycles. The van der Waals surface area contributed by atoms with Crippen LogP contribution in [0.2, 0.25) is 0 Å². The minimum Gasteiger partial charge on any atom is -0.325 e. The van der Waals surface area contributed by atoms with E-state index in [1.54, 1.807) is 36.4 Å². The maximum absolute atomic E-state index is 12.0. The largest absolute Gasteiger partial charge is 0.325 e. The Morgan fingerprint density at radius 3 is 2.57 bits per heavy atom. The van der Waals surface area contributed by atoms with Gasteiger partial charge in [-0.05, 0) is 12.1 Å². The van der Waals surface area contributed by atoms with Crippen LogP contribution in [0.3, 0.4) is 0 Å². The molecule has 0 unspecified atom stereocenters. The van der Waals surface area contributed by atoms with Gasteiger partial charge < -0.3 is 5.32 Å². The van der Waals surface area contributed by atoms with E-state index in [4.69, 9.17) is 5.26 Å². The van der Waals surface area contributed by atoms with E-state index in [-0.39, 0.29) is 12.1 Å². The number of anilines is 1. The molecule has 2 aromatic carbocycles. The fourth-order valence-electron chi connectivity index (χ4n) is 1.90. The summed E-state index contributed by atoms with van der Waals surface area (Å²) >= 11 is 0. The molecule has 0 saturated carbocycles. The second-order valence-corrected chi connectivity index (χ2v) is 4.27. The Labute approximate surface area is 120 Å². The zero-order valence-corrected chi connectivity index (χ0v) is 10.9. The quantitative estimate of drug-likeness (QED) is 0.688. The van der Waals surface area contributed by atoms with Gasteiger partial charge in [-0.1, -0.05) is 30.3 Å². The van der Waals surface area contributed by atoms with Crippen LogP contribution in [0.15, 0.2) is 48.5 Å². The number of hydrogen-bond acceptors (Lipinski definition) is 4. The second kappa shape index (κ2) is 6.30. The summed E-state index contributed by atoms with van der Waals surface area (Å²) in [5.74, 6) is -0.410. The van der Waals surface area contributed by atoms with Crippen LogP contribution in [-0.4, -0.2) is 10.8 Å². The lowest BCUT2D eigenvalue weighted by Crippen LogP contribution is -2.16. The summed E-state index contributed by atoms with van der Waals surface area (Å²) in [5, 5.41) is 22.4. The van der Waals surface area contributed by atoms with Crippen molar-refractivity contribution in [3.05, 3.63) is 69.8 Å². The molecular formula is C15H11N3O3. The van der Waals surface area contributed by atoms with Crippen LogP contribution < -0.4 is 5.32 Å². The van der Waals surface area contributed by atoms with Gasteiger partial charge in [-0.25, -0.2) is 0 Å². The molecule has 0 aliphatic rings. The van der Waals surface area contributed by atoms with Gasteiger partial charge in [0.2, 0.25) is 5.91 Å². The number of amides is 1. The van der Waals surface area contributed by atoms with Crippen molar-refractivity contribution in [3.63, 3.8) is 0 Å². The number of nitriles is 1. The van der Waals surface area contributed by atoms with Gasteiger partial charge in [0.25, 0.3) is 5.69 Å². The Kier molecular flexibility index (Phi) is 4.26. The van der Waals surface area contributed by atoms with E-state index in [0.717, 1.165) is 0 Å². The molecule has 1 amide bonds. The molecule has 6 nitrogen and oxygen atoms in total. The molecule has 21 heavy (non-hydrogen) atoms. The van der Waals surface area contributed by atoms with E-state index in [2.05, 4.69) is 5.32 Å². The molecule has 0 aliphatic heterocycles. The van der Waals surface area contributed by atoms with Gasteiger partial charge in [-0.15, -0.1) is 0 Å². The highest BCUT2D eigenvalue weighted by atomic mass is 16.6. The second-order valence-electron chi connectivity index (χ2n) is 4.27. The summed E-state index contributed by atoms with van der Waals surface area (Å²) in [6, 6.07) is 14.6. The molecule has 0 heterocycles. The van der Waals surface area contributed by atoms with Gasteiger partial charge in [0.1, 0.15) is 6.07 Å². The van der Waals surface area contributed by atoms with Crippen LogP contribution >= 0.6 is 0 Å². The molecule has 104 valence electrons. The van der Waals surface area contributed by atoms with Crippen molar-refractivity contribution in [3.8, 4) is 6.07 Å². The van der Waals surface area contributed by atoms with Crippen molar-refractivity contribution < 1.29 is 9.72 Å². The molecule has 0 spiro atoms. The number of hydrogen-bond donors (Lipinski definition) is 1. The minimum atomic E-state index is -0.522. The number of rotatable bonds is 4. The minimum absolute atomic E-state index is 0.0961. The number of nitrogens with one attached hydrogen (secondary N) is 1. The van der Waals surface area contributed by atoms with E-state index < -0.39 is 10.8 Å². The van der Waals surface area contributed by atoms with E-state index in [0.29, 0.717) is 16.8 Å². The first-order valence-corrected chi connectivity index (χ1v) is 6.13. The van der Waals surface area contributed by atoms with Gasteiger partial charge in [0, 0.05) is 11.6 Å². The standard InChI is InChI=1S/C15H11N3O3/c16-10-12-6-1-3-7-13(12)17-15(19)9-11-5-2-4-8-14(11)18(20)21/h1-8H,9H2,(H,17,19). The lowest BCUT2D eigenvalue weighted by molar-refractivity contribution is -0.385. The maximum atomic E-state index is 12.0. The SMILES string of the molecule is N#Cc1ccccc1NC(=O)Cc1ccccc1[N+](=O)[O-]. The molecule has 6 heteroatoms. The number of nitro groups is 1. The van der Waals surface area contributed by atoms with Gasteiger partial charge in [0.15, 0.2) is 0 Å². The zero-order chi connectivity index (χ0) is 15.2. The van der Waals surface area contributed by atoms with Crippen LogP contribution in [0.4, 0.5) is 11.4 Å². The molecule has 0 fully saturated rings. The summed E-state index contributed by atoms with van der Waals surface area (Å²) in [7, 11) is 0. The summed E-state index contributed by atoms with van der Waals surface area (Å²) in [6.07, 6.45) is -0.128. The molecule has 0 aliphatic carbocycles. The smallest absolute Gasteiger partial charge is 0.273 e. The average molecular weight is 281 g/mol. The molecule has 1 N–H and O–H groups in total. The monoisotopic (exact) mass is 281 g/mol. The first-order valence-electron chi connectivity index (χ1n) is 6.13. The molecule has 2 rings (SSSR count). The number of para-hydroxylation sites is 2. The zero-order valence-electron chi connectivity index (χ0n) is 10.9. The van der Waals surface area contributed by atoms with Gasteiger partial charge >= 0.3 is 0 Å². The summed E-state index contributed by atoms with van der Waals surface area (Å²) in [4.78, 5) is 22.4. The Morgan fingerprint density at radius 2 is 1.86 bits per heavy atom. The van der Waals surface area contributed by atoms with Crippen LogP contribution in [0, 0.1) is 21.4 Å². The molecule has 0 atom stereocenters. The third-order valence-corrected chi connectivity index (χ3v) is 2.86. The highest BCUT2D eigenvalue weighted by Gasteiger charge is 2.16. The van der Waals surface area contributed by atoms with E-state index in [9.17, 15) is 14.9 Å². The lowest BCUT2D eigenvalue weighted by atomic mass is 10.1. The van der Waals surface area contributed by atoms with Crippen LogP contribution in [0.1, 0.15) is 11.1 Å². The number of carbonyl (C=O) groups excluding carboxylic acids is 1. The number of carbonyl (C=O) groups is 1. The third-order valence-electron chi connectivity index (χ3n) is 2.86. The first-order chi connectivity index (χ1) is 10.1. The van der Waals surface area contributed by atoms with Crippen molar-refractivity contribution in [1.82, 2.24) is 0 Å². The van der Waals surface area contributed by atoms with Crippen molar-refractivity contribution in [2.45, 2.75) is 6.42 Å². The van der Waals surface area contributed by atoms with E-state index >= 15 is 0 Å². The van der Waals surface area contributed by atoms with Gasteiger partial charge in [0.05, 0.1) is 22.6 Å². The predicted octanol–water partition coefficient (Wildman–Crippen LogP) is 2.65. The summed E-state index contributed by atoms with van der Waals surface area (Å²) in [5.41, 5.74) is 0.965. The molecule has 0 aromatic heterocycles. The predicted molar refractivity (Wildman–Crippen MR) is 76.6 cm³/mol. The van der Waals surface area contributed by atoms with E-state index in [1.165, 1.54) is 12.1 Å². The lowest BCUT2D eigenvalue weighted by Gasteiger charge is -2.07. The normalized spacial score (nSPS) is 9.67. The summed E-state index contributed by atoms with van der Waals surface area (Å²) < 4.78 is 0. The fourth-order valence-corrected chi connectivity index (χ4v) is 1.90. The highest BCUT2D eigenvalue weighted by Crippen LogP contribution is 2.19. The van der Waals surface area contributed by atoms with Crippen LogP contribution in [-0.2, 0) is 11.2 Å². The summed E-state index contributed by atoms with van der Waals surface area (Å²) in [6.45, 7) is 0. The Morgan fingerprint density at radius 1 is 1.19 bits per heavy atom. The Hall–Kier alpha value is -3.20. The Balaban J connectivity index is 2.16. The first kappa shape index (κ1) is 14.2. The van der Waals surface area contributed by atoms with Crippen molar-refractivity contribution in [2.24, 2.45) is 0 Å². The van der Waals surface area contributed by atoms with Gasteiger partial charge in [-0.3, -0.25) is 14.9 Å². The third kappa shape index (κ3) is 3.42. The van der Waals surface area contributed by atoms with Crippen LogP contribution in [0.5, 0.6) is 0 Å². The van der Waals surface area contributed by atoms with Crippen molar-refractivity contribution >= 4 is 17.3 Å². The average Bonchev–Trinajstić information content (AvgIpc) is 2.48. The molecular weight excluding hydrogens is 270 g/mol.